The first kappa shape index (κ1) is 18.2. The fourth-order valence-corrected chi connectivity index (χ4v) is 4.23. The molecule has 0 aliphatic heterocycles. The van der Waals surface area contributed by atoms with Gasteiger partial charge in [-0.1, -0.05) is 42.1 Å². The van der Waals surface area contributed by atoms with Crippen LogP contribution in [0, 0.1) is 21.7 Å². The minimum absolute atomic E-state index is 0.0385. The van der Waals surface area contributed by atoms with E-state index in [0.29, 0.717) is 10.5 Å². The lowest BCUT2D eigenvalue weighted by Gasteiger charge is -2.06. The van der Waals surface area contributed by atoms with Gasteiger partial charge in [-0.05, 0) is 29.8 Å². The summed E-state index contributed by atoms with van der Waals surface area (Å²) in [6.07, 6.45) is 1.86. The predicted octanol–water partition coefficient (Wildman–Crippen LogP) is 6.03. The van der Waals surface area contributed by atoms with E-state index in [1.54, 1.807) is 18.2 Å². The Bertz CT molecular complexity index is 1170. The third-order valence-corrected chi connectivity index (χ3v) is 5.42. The van der Waals surface area contributed by atoms with Gasteiger partial charge in [0.25, 0.3) is 5.69 Å². The molecule has 28 heavy (non-hydrogen) atoms. The number of aromatic nitrogens is 1. The number of benzene rings is 3. The van der Waals surface area contributed by atoms with Crippen molar-refractivity contribution in [2.24, 2.45) is 0 Å². The van der Waals surface area contributed by atoms with Crippen molar-refractivity contribution in [2.45, 2.75) is 16.3 Å². The molecule has 0 amide bonds. The summed E-state index contributed by atoms with van der Waals surface area (Å²) < 4.78 is 29.0. The molecule has 0 radical (unpaired) electrons. The molecule has 0 atom stereocenters. The zero-order valence-corrected chi connectivity index (χ0v) is 15.3. The van der Waals surface area contributed by atoms with Crippen LogP contribution in [0.3, 0.4) is 0 Å². The zero-order valence-electron chi connectivity index (χ0n) is 14.5. The summed E-state index contributed by atoms with van der Waals surface area (Å²) in [4.78, 5) is 12.3. The van der Waals surface area contributed by atoms with Crippen LogP contribution in [0.25, 0.3) is 10.9 Å². The van der Waals surface area contributed by atoms with E-state index in [0.717, 1.165) is 21.9 Å². The maximum absolute atomic E-state index is 13.5. The minimum Gasteiger partial charge on any atom is -0.342 e. The summed E-state index contributed by atoms with van der Waals surface area (Å²) in [6.45, 7) is 0.284. The third kappa shape index (κ3) is 3.61. The number of fused-ring (bicyclic) bond motifs is 1. The molecule has 0 N–H and O–H groups in total. The van der Waals surface area contributed by atoms with Gasteiger partial charge < -0.3 is 4.57 Å². The van der Waals surface area contributed by atoms with Crippen LogP contribution in [-0.2, 0) is 6.54 Å². The Kier molecular flexibility index (Phi) is 4.83. The second-order valence-electron chi connectivity index (χ2n) is 6.24. The van der Waals surface area contributed by atoms with E-state index in [1.165, 1.54) is 30.0 Å². The maximum atomic E-state index is 13.5. The van der Waals surface area contributed by atoms with Crippen LogP contribution in [0.15, 0.2) is 82.7 Å². The fourth-order valence-electron chi connectivity index (χ4n) is 3.14. The number of rotatable bonds is 5. The van der Waals surface area contributed by atoms with Gasteiger partial charge >= 0.3 is 0 Å². The molecule has 1 aromatic heterocycles. The van der Waals surface area contributed by atoms with E-state index in [1.807, 2.05) is 35.0 Å². The third-order valence-electron chi connectivity index (χ3n) is 4.31. The van der Waals surface area contributed by atoms with E-state index in [-0.39, 0.29) is 12.2 Å². The first-order valence-corrected chi connectivity index (χ1v) is 9.27. The highest BCUT2D eigenvalue weighted by Crippen LogP contribution is 2.39. The van der Waals surface area contributed by atoms with E-state index in [9.17, 15) is 18.9 Å². The number of nitro groups is 1. The SMILES string of the molecule is O=[N+]([O-])c1ccccc1Sc1cn(Cc2cc(F)cc(F)c2)c2ccccc12. The van der Waals surface area contributed by atoms with Gasteiger partial charge in [0.15, 0.2) is 0 Å². The summed E-state index contributed by atoms with van der Waals surface area (Å²) >= 11 is 1.30. The summed E-state index contributed by atoms with van der Waals surface area (Å²) in [5.74, 6) is -1.25. The highest BCUT2D eigenvalue weighted by Gasteiger charge is 2.17. The summed E-state index contributed by atoms with van der Waals surface area (Å²) in [5, 5.41) is 12.2. The standard InChI is InChI=1S/C21H14F2N2O2S/c22-15-9-14(10-16(23)11-15)12-24-13-21(17-5-1-2-6-18(17)24)28-20-8-4-3-7-19(20)25(26)27/h1-11,13H,12H2. The van der Waals surface area contributed by atoms with Crippen LogP contribution in [0.4, 0.5) is 14.5 Å². The molecular weight excluding hydrogens is 382 g/mol. The van der Waals surface area contributed by atoms with Crippen molar-refractivity contribution in [1.29, 1.82) is 0 Å². The Morgan fingerprint density at radius 3 is 2.36 bits per heavy atom. The number of halogens is 2. The highest BCUT2D eigenvalue weighted by atomic mass is 32.2. The van der Waals surface area contributed by atoms with Gasteiger partial charge in [0.2, 0.25) is 0 Å². The van der Waals surface area contributed by atoms with Crippen LogP contribution in [-0.4, -0.2) is 9.49 Å². The molecule has 7 heteroatoms. The molecule has 0 saturated heterocycles. The van der Waals surface area contributed by atoms with Gasteiger partial charge in [0.1, 0.15) is 11.6 Å². The van der Waals surface area contributed by atoms with Gasteiger partial charge in [-0.25, -0.2) is 8.78 Å². The number of para-hydroxylation sites is 2. The Balaban J connectivity index is 1.76. The number of nitrogens with zero attached hydrogens (tertiary/aromatic N) is 2. The predicted molar refractivity (Wildman–Crippen MR) is 105 cm³/mol. The van der Waals surface area contributed by atoms with Crippen LogP contribution in [0.2, 0.25) is 0 Å². The summed E-state index contributed by atoms with van der Waals surface area (Å²) in [5.41, 5.74) is 1.42. The number of nitro benzene ring substituents is 1. The molecule has 4 aromatic rings. The lowest BCUT2D eigenvalue weighted by molar-refractivity contribution is -0.387. The van der Waals surface area contributed by atoms with E-state index in [4.69, 9.17) is 0 Å². The van der Waals surface area contributed by atoms with E-state index in [2.05, 4.69) is 0 Å². The molecule has 0 aliphatic carbocycles. The van der Waals surface area contributed by atoms with Gasteiger partial charge in [-0.2, -0.15) is 0 Å². The molecule has 4 nitrogen and oxygen atoms in total. The topological polar surface area (TPSA) is 48.1 Å². The smallest absolute Gasteiger partial charge is 0.283 e. The molecule has 0 unspecified atom stereocenters. The maximum Gasteiger partial charge on any atom is 0.283 e. The average molecular weight is 396 g/mol. The van der Waals surface area contributed by atoms with Crippen LogP contribution < -0.4 is 0 Å². The Hall–Kier alpha value is -3.19. The van der Waals surface area contributed by atoms with Gasteiger partial charge in [-0.3, -0.25) is 10.1 Å². The van der Waals surface area contributed by atoms with Crippen LogP contribution in [0.1, 0.15) is 5.56 Å². The van der Waals surface area contributed by atoms with Gasteiger partial charge in [0, 0.05) is 40.7 Å². The first-order chi connectivity index (χ1) is 13.5. The molecule has 0 fully saturated rings. The van der Waals surface area contributed by atoms with Crippen molar-refractivity contribution < 1.29 is 13.7 Å². The van der Waals surface area contributed by atoms with Crippen molar-refractivity contribution in [3.8, 4) is 0 Å². The Labute approximate surface area is 163 Å². The van der Waals surface area contributed by atoms with Crippen molar-refractivity contribution in [1.82, 2.24) is 4.57 Å². The highest BCUT2D eigenvalue weighted by molar-refractivity contribution is 7.99. The molecule has 0 bridgehead atoms. The zero-order chi connectivity index (χ0) is 19.7. The Morgan fingerprint density at radius 2 is 1.61 bits per heavy atom. The lowest BCUT2D eigenvalue weighted by atomic mass is 10.2. The molecule has 0 spiro atoms. The molecular formula is C21H14F2N2O2S. The molecule has 3 aromatic carbocycles. The largest absolute Gasteiger partial charge is 0.342 e. The van der Waals surface area contributed by atoms with E-state index < -0.39 is 16.6 Å². The van der Waals surface area contributed by atoms with Crippen molar-refractivity contribution in [3.63, 3.8) is 0 Å². The van der Waals surface area contributed by atoms with Crippen LogP contribution >= 0.6 is 11.8 Å². The van der Waals surface area contributed by atoms with Crippen LogP contribution in [0.5, 0.6) is 0 Å². The van der Waals surface area contributed by atoms with Crippen molar-refractivity contribution in [3.05, 3.63) is 100 Å². The van der Waals surface area contributed by atoms with Crippen molar-refractivity contribution in [2.75, 3.05) is 0 Å². The summed E-state index contributed by atoms with van der Waals surface area (Å²) in [6, 6.07) is 17.6. The molecule has 140 valence electrons. The average Bonchev–Trinajstić information content (AvgIpc) is 2.99. The normalized spacial score (nSPS) is 11.1. The molecule has 0 saturated carbocycles. The molecule has 0 aliphatic rings. The number of hydrogen-bond acceptors (Lipinski definition) is 3. The van der Waals surface area contributed by atoms with Gasteiger partial charge in [-0.15, -0.1) is 0 Å². The second kappa shape index (κ2) is 7.44. The first-order valence-electron chi connectivity index (χ1n) is 8.45. The Morgan fingerprint density at radius 1 is 0.929 bits per heavy atom. The minimum atomic E-state index is -0.624. The van der Waals surface area contributed by atoms with E-state index >= 15 is 0 Å². The molecule has 1 heterocycles. The van der Waals surface area contributed by atoms with Crippen molar-refractivity contribution >= 4 is 28.4 Å². The quantitative estimate of drug-likeness (QED) is 0.306. The number of hydrogen-bond donors (Lipinski definition) is 0. The lowest BCUT2D eigenvalue weighted by Crippen LogP contribution is -1.99. The molecule has 4 rings (SSSR count). The second-order valence-corrected chi connectivity index (χ2v) is 7.33. The monoisotopic (exact) mass is 396 g/mol. The fraction of sp³-hybridized carbons (Fsp3) is 0.0476. The van der Waals surface area contributed by atoms with Gasteiger partial charge in [0.05, 0.1) is 9.82 Å². The summed E-state index contributed by atoms with van der Waals surface area (Å²) in [7, 11) is 0.